The second-order valence-corrected chi connectivity index (χ2v) is 9.83. The van der Waals surface area contributed by atoms with Crippen molar-refractivity contribution in [3.8, 4) is 5.95 Å². The van der Waals surface area contributed by atoms with E-state index in [1.54, 1.807) is 0 Å². The van der Waals surface area contributed by atoms with Gasteiger partial charge in [0.05, 0.1) is 11.8 Å². The molecule has 0 bridgehead atoms. The molecule has 0 aliphatic rings. The molecule has 2 aromatic carbocycles. The first-order valence-electron chi connectivity index (χ1n) is 10.6. The third-order valence-corrected chi connectivity index (χ3v) is 6.20. The Labute approximate surface area is 191 Å². The van der Waals surface area contributed by atoms with Gasteiger partial charge < -0.3 is 5.32 Å². The van der Waals surface area contributed by atoms with Gasteiger partial charge in [0.2, 0.25) is 10.0 Å². The Balaban J connectivity index is 1.57. The summed E-state index contributed by atoms with van der Waals surface area (Å²) in [7, 11) is -3.29. The van der Waals surface area contributed by atoms with Crippen LogP contribution in [0.25, 0.3) is 22.4 Å². The SMILES string of the molecule is Cc1cc2c(CNS(C)(=O)=O)cccc2n1-c1nc(NCc2ccccc2)c2cccn2n1. The zero-order valence-electron chi connectivity index (χ0n) is 18.4. The highest BCUT2D eigenvalue weighted by Gasteiger charge is 2.16. The van der Waals surface area contributed by atoms with Gasteiger partial charge in [-0.2, -0.15) is 4.98 Å². The zero-order chi connectivity index (χ0) is 23.0. The average molecular weight is 461 g/mol. The summed E-state index contributed by atoms with van der Waals surface area (Å²) in [4.78, 5) is 4.86. The molecule has 0 spiro atoms. The van der Waals surface area contributed by atoms with Gasteiger partial charge in [0.15, 0.2) is 5.82 Å². The molecule has 3 aromatic heterocycles. The Hall–Kier alpha value is -3.69. The number of hydrogen-bond donors (Lipinski definition) is 2. The van der Waals surface area contributed by atoms with Gasteiger partial charge in [-0.05, 0) is 42.3 Å². The van der Waals surface area contributed by atoms with E-state index in [1.807, 2.05) is 76.8 Å². The summed E-state index contributed by atoms with van der Waals surface area (Å²) >= 11 is 0. The van der Waals surface area contributed by atoms with Crippen LogP contribution >= 0.6 is 0 Å². The van der Waals surface area contributed by atoms with Crippen LogP contribution in [-0.4, -0.2) is 33.8 Å². The van der Waals surface area contributed by atoms with Crippen LogP contribution < -0.4 is 10.0 Å². The van der Waals surface area contributed by atoms with Crippen molar-refractivity contribution < 1.29 is 8.42 Å². The van der Waals surface area contributed by atoms with E-state index in [0.717, 1.165) is 45.3 Å². The molecule has 0 atom stereocenters. The molecule has 0 aliphatic carbocycles. The molecule has 0 amide bonds. The van der Waals surface area contributed by atoms with Crippen molar-refractivity contribution in [3.05, 3.63) is 89.7 Å². The maximum Gasteiger partial charge on any atom is 0.254 e. The van der Waals surface area contributed by atoms with Gasteiger partial charge >= 0.3 is 0 Å². The van der Waals surface area contributed by atoms with Gasteiger partial charge in [-0.1, -0.05) is 42.5 Å². The minimum atomic E-state index is -3.29. The van der Waals surface area contributed by atoms with Crippen LogP contribution in [0, 0.1) is 6.92 Å². The molecule has 5 aromatic rings. The molecule has 0 saturated carbocycles. The first kappa shape index (κ1) is 21.2. The Morgan fingerprint density at radius 3 is 2.52 bits per heavy atom. The lowest BCUT2D eigenvalue weighted by Gasteiger charge is -2.12. The number of aromatic nitrogens is 4. The molecule has 168 valence electrons. The van der Waals surface area contributed by atoms with Crippen LogP contribution in [0.2, 0.25) is 0 Å². The fourth-order valence-electron chi connectivity index (χ4n) is 3.98. The molecular formula is C24H24N6O2S. The van der Waals surface area contributed by atoms with Gasteiger partial charge in [-0.15, -0.1) is 5.10 Å². The molecule has 5 rings (SSSR count). The molecular weight excluding hydrogens is 436 g/mol. The molecule has 8 nitrogen and oxygen atoms in total. The van der Waals surface area contributed by atoms with E-state index in [0.29, 0.717) is 12.5 Å². The Bertz CT molecular complexity index is 1550. The van der Waals surface area contributed by atoms with Crippen LogP contribution in [0.3, 0.4) is 0 Å². The van der Waals surface area contributed by atoms with E-state index in [-0.39, 0.29) is 6.54 Å². The number of sulfonamides is 1. The van der Waals surface area contributed by atoms with Crippen LogP contribution in [0.15, 0.2) is 72.9 Å². The number of aryl methyl sites for hydroxylation is 1. The van der Waals surface area contributed by atoms with Crippen LogP contribution in [0.1, 0.15) is 16.8 Å². The largest absolute Gasteiger partial charge is 0.364 e. The van der Waals surface area contributed by atoms with E-state index >= 15 is 0 Å². The summed E-state index contributed by atoms with van der Waals surface area (Å²) < 4.78 is 29.6. The van der Waals surface area contributed by atoms with Crippen molar-refractivity contribution >= 4 is 32.3 Å². The second-order valence-electron chi connectivity index (χ2n) is 8.00. The van der Waals surface area contributed by atoms with Gasteiger partial charge in [0, 0.05) is 30.4 Å². The van der Waals surface area contributed by atoms with Crippen LogP contribution in [0.4, 0.5) is 5.82 Å². The van der Waals surface area contributed by atoms with E-state index in [2.05, 4.69) is 22.2 Å². The Morgan fingerprint density at radius 2 is 1.73 bits per heavy atom. The van der Waals surface area contributed by atoms with Crippen molar-refractivity contribution in [2.24, 2.45) is 0 Å². The fraction of sp³-hybridized carbons (Fsp3) is 0.167. The number of hydrogen-bond acceptors (Lipinski definition) is 5. The molecule has 9 heteroatoms. The zero-order valence-corrected chi connectivity index (χ0v) is 19.2. The van der Waals surface area contributed by atoms with Gasteiger partial charge in [-0.25, -0.2) is 17.7 Å². The third kappa shape index (κ3) is 4.33. The molecule has 0 unspecified atom stereocenters. The summed E-state index contributed by atoms with van der Waals surface area (Å²) in [6, 6.07) is 22.0. The normalized spacial score (nSPS) is 11.9. The van der Waals surface area contributed by atoms with E-state index in [1.165, 1.54) is 0 Å². The lowest BCUT2D eigenvalue weighted by molar-refractivity contribution is 0.588. The van der Waals surface area contributed by atoms with Crippen LogP contribution in [-0.2, 0) is 23.1 Å². The molecule has 0 aliphatic heterocycles. The smallest absolute Gasteiger partial charge is 0.254 e. The predicted molar refractivity (Wildman–Crippen MR) is 130 cm³/mol. The van der Waals surface area contributed by atoms with Gasteiger partial charge in [0.1, 0.15) is 5.52 Å². The van der Waals surface area contributed by atoms with Crippen molar-refractivity contribution in [2.45, 2.75) is 20.0 Å². The average Bonchev–Trinajstić information content (AvgIpc) is 3.39. The minimum Gasteiger partial charge on any atom is -0.364 e. The summed E-state index contributed by atoms with van der Waals surface area (Å²) in [5, 5.41) is 9.14. The number of nitrogens with one attached hydrogen (secondary N) is 2. The lowest BCUT2D eigenvalue weighted by atomic mass is 10.1. The highest BCUT2D eigenvalue weighted by Crippen LogP contribution is 2.27. The highest BCUT2D eigenvalue weighted by molar-refractivity contribution is 7.88. The Kier molecular flexibility index (Phi) is 5.35. The molecule has 2 N–H and O–H groups in total. The van der Waals surface area contributed by atoms with Crippen molar-refractivity contribution in [2.75, 3.05) is 11.6 Å². The maximum atomic E-state index is 11.6. The first-order valence-corrected chi connectivity index (χ1v) is 12.5. The van der Waals surface area contributed by atoms with Crippen molar-refractivity contribution in [1.29, 1.82) is 0 Å². The Morgan fingerprint density at radius 1 is 0.939 bits per heavy atom. The van der Waals surface area contributed by atoms with Crippen molar-refractivity contribution in [3.63, 3.8) is 0 Å². The molecule has 0 radical (unpaired) electrons. The second kappa shape index (κ2) is 8.34. The van der Waals surface area contributed by atoms with Crippen molar-refractivity contribution in [1.82, 2.24) is 23.9 Å². The highest BCUT2D eigenvalue weighted by atomic mass is 32.2. The maximum absolute atomic E-state index is 11.6. The summed E-state index contributed by atoms with van der Waals surface area (Å²) in [5.41, 5.74) is 4.82. The summed E-state index contributed by atoms with van der Waals surface area (Å²) in [5.74, 6) is 1.28. The van der Waals surface area contributed by atoms with Gasteiger partial charge in [-0.3, -0.25) is 4.57 Å². The van der Waals surface area contributed by atoms with Gasteiger partial charge in [0.25, 0.3) is 5.95 Å². The van der Waals surface area contributed by atoms with E-state index in [4.69, 9.17) is 10.1 Å². The fourth-order valence-corrected chi connectivity index (χ4v) is 4.40. The quantitative estimate of drug-likeness (QED) is 0.387. The summed E-state index contributed by atoms with van der Waals surface area (Å²) in [6.07, 6.45) is 3.06. The number of rotatable bonds is 7. The van der Waals surface area contributed by atoms with E-state index in [9.17, 15) is 8.42 Å². The minimum absolute atomic E-state index is 0.223. The number of fused-ring (bicyclic) bond motifs is 2. The van der Waals surface area contributed by atoms with E-state index < -0.39 is 10.0 Å². The number of nitrogens with zero attached hydrogens (tertiary/aromatic N) is 4. The number of anilines is 1. The molecule has 3 heterocycles. The topological polar surface area (TPSA) is 93.3 Å². The monoisotopic (exact) mass is 460 g/mol. The lowest BCUT2D eigenvalue weighted by Crippen LogP contribution is -2.21. The van der Waals surface area contributed by atoms with Crippen LogP contribution in [0.5, 0.6) is 0 Å². The molecule has 33 heavy (non-hydrogen) atoms. The third-order valence-electron chi connectivity index (χ3n) is 5.53. The molecule has 0 fully saturated rings. The molecule has 0 saturated heterocycles. The first-order chi connectivity index (χ1) is 15.9. The standard InChI is InChI=1S/C24H24N6O2S/c1-17-14-20-19(16-26-33(2,31)32)10-6-11-21(20)30(17)24-27-23(22-12-7-13-29(22)28-24)25-15-18-8-4-3-5-9-18/h3-14,26H,15-16H2,1-2H3,(H,25,27,28). The summed E-state index contributed by atoms with van der Waals surface area (Å²) in [6.45, 7) is 2.86. The number of benzene rings is 2. The predicted octanol–water partition coefficient (Wildman–Crippen LogP) is 3.64.